The maximum absolute atomic E-state index is 13.2. The first-order valence-electron chi connectivity index (χ1n) is 4.97. The predicted octanol–water partition coefficient (Wildman–Crippen LogP) is 1.96. The van der Waals surface area contributed by atoms with Crippen LogP contribution in [0.5, 0.6) is 0 Å². The molecule has 0 aliphatic rings. The van der Waals surface area contributed by atoms with Gasteiger partial charge in [0.1, 0.15) is 5.82 Å². The Morgan fingerprint density at radius 2 is 2.29 bits per heavy atom. The fourth-order valence-electron chi connectivity index (χ4n) is 2.01. The number of halogens is 1. The molecule has 5 nitrogen and oxygen atoms in total. The summed E-state index contributed by atoms with van der Waals surface area (Å²) in [5, 5.41) is 9.14. The van der Waals surface area contributed by atoms with Gasteiger partial charge in [0.25, 0.3) is 0 Å². The Balaban J connectivity index is 2.55. The first kappa shape index (κ1) is 9.83. The van der Waals surface area contributed by atoms with Crippen LogP contribution in [0.2, 0.25) is 0 Å². The first-order chi connectivity index (χ1) is 8.08. The van der Waals surface area contributed by atoms with Gasteiger partial charge in [0.15, 0.2) is 5.69 Å². The Morgan fingerprint density at radius 1 is 1.53 bits per heavy atom. The minimum absolute atomic E-state index is 0.0769. The van der Waals surface area contributed by atoms with Crippen LogP contribution in [0.3, 0.4) is 0 Å². The summed E-state index contributed by atoms with van der Waals surface area (Å²) in [6.45, 7) is 1.64. The Labute approximate surface area is 94.5 Å². The lowest BCUT2D eigenvalue weighted by atomic mass is 10.3. The number of aryl methyl sites for hydroxylation is 1. The summed E-state index contributed by atoms with van der Waals surface area (Å²) in [5.74, 6) is -1.09. The van der Waals surface area contributed by atoms with Crippen molar-refractivity contribution in [1.82, 2.24) is 14.4 Å². The van der Waals surface area contributed by atoms with E-state index in [4.69, 9.17) is 5.11 Å². The summed E-state index contributed by atoms with van der Waals surface area (Å²) < 4.78 is 14.6. The van der Waals surface area contributed by atoms with E-state index in [1.54, 1.807) is 6.92 Å². The lowest BCUT2D eigenvalue weighted by molar-refractivity contribution is 0.0689. The van der Waals surface area contributed by atoms with Crippen LogP contribution in [0, 0.1) is 12.7 Å². The number of benzene rings is 1. The number of carboxylic acid groups (broad SMARTS) is 1. The van der Waals surface area contributed by atoms with Crippen molar-refractivity contribution in [3.05, 3.63) is 35.4 Å². The van der Waals surface area contributed by atoms with Gasteiger partial charge in [0.2, 0.25) is 5.78 Å². The average Bonchev–Trinajstić information content (AvgIpc) is 2.72. The van der Waals surface area contributed by atoms with Gasteiger partial charge in [0.05, 0.1) is 11.0 Å². The van der Waals surface area contributed by atoms with Gasteiger partial charge >= 0.3 is 5.97 Å². The van der Waals surface area contributed by atoms with Crippen LogP contribution in [-0.4, -0.2) is 25.4 Å². The zero-order chi connectivity index (χ0) is 12.2. The van der Waals surface area contributed by atoms with E-state index in [9.17, 15) is 9.18 Å². The second-order valence-corrected chi connectivity index (χ2v) is 3.81. The highest BCUT2D eigenvalue weighted by Crippen LogP contribution is 2.21. The highest BCUT2D eigenvalue weighted by Gasteiger charge is 2.18. The molecule has 0 fully saturated rings. The van der Waals surface area contributed by atoms with E-state index in [0.717, 1.165) is 0 Å². The number of aromatic carboxylic acids is 1. The maximum Gasteiger partial charge on any atom is 0.354 e. The van der Waals surface area contributed by atoms with Crippen molar-refractivity contribution in [3.63, 3.8) is 0 Å². The third-order valence-electron chi connectivity index (χ3n) is 2.70. The van der Waals surface area contributed by atoms with Crippen LogP contribution in [0.1, 0.15) is 16.2 Å². The number of carbonyl (C=O) groups is 1. The molecule has 0 saturated heterocycles. The number of hydrogen-bond donors (Lipinski definition) is 2. The molecule has 0 aliphatic heterocycles. The van der Waals surface area contributed by atoms with Gasteiger partial charge in [-0.15, -0.1) is 0 Å². The number of carboxylic acids is 1. The summed E-state index contributed by atoms with van der Waals surface area (Å²) in [5.41, 5.74) is 1.57. The molecule has 1 aromatic carbocycles. The topological polar surface area (TPSA) is 70.4 Å². The minimum Gasteiger partial charge on any atom is -0.477 e. The number of fused-ring (bicyclic) bond motifs is 3. The van der Waals surface area contributed by atoms with E-state index in [0.29, 0.717) is 22.5 Å². The smallest absolute Gasteiger partial charge is 0.354 e. The van der Waals surface area contributed by atoms with E-state index in [1.165, 1.54) is 22.6 Å². The maximum atomic E-state index is 13.2. The minimum atomic E-state index is -1.07. The fourth-order valence-corrected chi connectivity index (χ4v) is 2.01. The molecule has 0 saturated carbocycles. The molecule has 0 aliphatic carbocycles. The third-order valence-corrected chi connectivity index (χ3v) is 2.70. The van der Waals surface area contributed by atoms with Crippen LogP contribution in [0.4, 0.5) is 4.39 Å². The van der Waals surface area contributed by atoms with Crippen LogP contribution >= 0.6 is 0 Å². The zero-order valence-electron chi connectivity index (χ0n) is 8.86. The number of nitrogens with zero attached hydrogens (tertiary/aromatic N) is 2. The van der Waals surface area contributed by atoms with Gasteiger partial charge in [0, 0.05) is 11.8 Å². The fraction of sp³-hybridized carbons (Fsp3) is 0.0909. The number of imidazole rings is 2. The molecule has 0 bridgehead atoms. The molecule has 17 heavy (non-hydrogen) atoms. The Hall–Kier alpha value is -2.37. The Morgan fingerprint density at radius 3 is 3.00 bits per heavy atom. The molecule has 3 rings (SSSR count). The molecule has 0 unspecified atom stereocenters. The van der Waals surface area contributed by atoms with Crippen molar-refractivity contribution >= 4 is 22.8 Å². The third kappa shape index (κ3) is 1.24. The van der Waals surface area contributed by atoms with Gasteiger partial charge in [-0.3, -0.25) is 4.40 Å². The molecule has 0 atom stereocenters. The Bertz CT molecular complexity index is 757. The molecule has 3 aromatic rings. The van der Waals surface area contributed by atoms with Gasteiger partial charge in [-0.2, -0.15) is 0 Å². The van der Waals surface area contributed by atoms with Crippen LogP contribution in [0.25, 0.3) is 16.8 Å². The van der Waals surface area contributed by atoms with Gasteiger partial charge < -0.3 is 10.1 Å². The van der Waals surface area contributed by atoms with E-state index in [2.05, 4.69) is 9.97 Å². The molecule has 2 aromatic heterocycles. The highest BCUT2D eigenvalue weighted by molar-refractivity contribution is 5.92. The predicted molar refractivity (Wildman–Crippen MR) is 58.7 cm³/mol. The van der Waals surface area contributed by atoms with Crippen LogP contribution < -0.4 is 0 Å². The Kier molecular flexibility index (Phi) is 1.77. The second-order valence-electron chi connectivity index (χ2n) is 3.81. The second kappa shape index (κ2) is 3.07. The van der Waals surface area contributed by atoms with Gasteiger partial charge in [-0.05, 0) is 19.1 Å². The van der Waals surface area contributed by atoms with Crippen molar-refractivity contribution in [2.75, 3.05) is 0 Å². The standard InChI is InChI=1S/C11H8FN3O2/c1-5-9(10(16)17)15-8-4-6(12)2-3-7(8)14-11(15)13-5/h2-4H,1H3,(H,13,14)(H,16,17). The normalized spacial score (nSPS) is 11.4. The number of nitrogens with one attached hydrogen (secondary N) is 1. The summed E-state index contributed by atoms with van der Waals surface area (Å²) >= 11 is 0. The molecule has 2 N–H and O–H groups in total. The largest absolute Gasteiger partial charge is 0.477 e. The van der Waals surface area contributed by atoms with E-state index in [-0.39, 0.29) is 5.69 Å². The van der Waals surface area contributed by atoms with E-state index >= 15 is 0 Å². The average molecular weight is 233 g/mol. The van der Waals surface area contributed by atoms with E-state index in [1.807, 2.05) is 0 Å². The number of H-pyrrole nitrogens is 1. The molecule has 0 spiro atoms. The lowest BCUT2D eigenvalue weighted by Gasteiger charge is -1.96. The van der Waals surface area contributed by atoms with Crippen molar-refractivity contribution in [2.45, 2.75) is 6.92 Å². The zero-order valence-corrected chi connectivity index (χ0v) is 8.86. The number of aromatic amines is 1. The summed E-state index contributed by atoms with van der Waals surface area (Å²) in [4.78, 5) is 18.2. The van der Waals surface area contributed by atoms with Gasteiger partial charge in [-0.25, -0.2) is 14.2 Å². The molecule has 6 heteroatoms. The van der Waals surface area contributed by atoms with Crippen molar-refractivity contribution in [2.24, 2.45) is 0 Å². The lowest BCUT2D eigenvalue weighted by Crippen LogP contribution is -2.03. The summed E-state index contributed by atoms with van der Waals surface area (Å²) in [6, 6.07) is 4.09. The molecule has 0 radical (unpaired) electrons. The van der Waals surface area contributed by atoms with Crippen LogP contribution in [0.15, 0.2) is 18.2 Å². The van der Waals surface area contributed by atoms with Crippen molar-refractivity contribution < 1.29 is 14.3 Å². The van der Waals surface area contributed by atoms with Crippen molar-refractivity contribution in [3.8, 4) is 0 Å². The van der Waals surface area contributed by atoms with E-state index < -0.39 is 11.8 Å². The van der Waals surface area contributed by atoms with Gasteiger partial charge in [-0.1, -0.05) is 0 Å². The van der Waals surface area contributed by atoms with Crippen molar-refractivity contribution in [1.29, 1.82) is 0 Å². The molecular weight excluding hydrogens is 225 g/mol. The number of hydrogen-bond acceptors (Lipinski definition) is 2. The molecule has 86 valence electrons. The molecular formula is C11H8FN3O2. The summed E-state index contributed by atoms with van der Waals surface area (Å²) in [6.07, 6.45) is 0. The quantitative estimate of drug-likeness (QED) is 0.675. The monoisotopic (exact) mass is 233 g/mol. The SMILES string of the molecule is Cc1[nH]c2nc3ccc(F)cc3n2c1C(=O)O. The molecule has 2 heterocycles. The number of rotatable bonds is 1. The number of aromatic nitrogens is 3. The summed E-state index contributed by atoms with van der Waals surface area (Å²) in [7, 11) is 0. The highest BCUT2D eigenvalue weighted by atomic mass is 19.1. The molecule has 0 amide bonds. The first-order valence-corrected chi connectivity index (χ1v) is 4.97. The van der Waals surface area contributed by atoms with Crippen LogP contribution in [-0.2, 0) is 0 Å².